The van der Waals surface area contributed by atoms with Crippen molar-refractivity contribution >= 4 is 22.5 Å². The summed E-state index contributed by atoms with van der Waals surface area (Å²) >= 11 is 6.07. The molecule has 0 amide bonds. The maximum absolute atomic E-state index is 14.0. The van der Waals surface area contributed by atoms with Gasteiger partial charge >= 0.3 is 0 Å². The lowest BCUT2D eigenvalue weighted by Crippen LogP contribution is -2.36. The van der Waals surface area contributed by atoms with Gasteiger partial charge < -0.3 is 15.0 Å². The molecule has 0 aliphatic heterocycles. The lowest BCUT2D eigenvalue weighted by atomic mass is 9.94. The lowest BCUT2D eigenvalue weighted by molar-refractivity contribution is 0.151. The van der Waals surface area contributed by atoms with Gasteiger partial charge in [0.25, 0.3) is 0 Å². The van der Waals surface area contributed by atoms with Crippen LogP contribution < -0.4 is 16.0 Å². The molecule has 2 aromatic carbocycles. The molecule has 0 aliphatic carbocycles. The van der Waals surface area contributed by atoms with Crippen LogP contribution in [-0.4, -0.2) is 20.4 Å². The Morgan fingerprint density at radius 3 is 2.59 bits per heavy atom. The molecule has 0 bridgehead atoms. The van der Waals surface area contributed by atoms with E-state index in [0.717, 1.165) is 16.6 Å². The van der Waals surface area contributed by atoms with Gasteiger partial charge in [-0.15, -0.1) is 0 Å². The molecule has 4 aromatic rings. The Kier molecular flexibility index (Phi) is 6.04. The van der Waals surface area contributed by atoms with E-state index >= 15 is 0 Å². The first-order chi connectivity index (χ1) is 15.2. The zero-order chi connectivity index (χ0) is 23.0. The smallest absolute Gasteiger partial charge is 0.250 e. The fourth-order valence-corrected chi connectivity index (χ4v) is 3.83. The van der Waals surface area contributed by atoms with Gasteiger partial charge in [-0.1, -0.05) is 25.4 Å². The van der Waals surface area contributed by atoms with Crippen molar-refractivity contribution in [2.24, 2.45) is 18.7 Å². The summed E-state index contributed by atoms with van der Waals surface area (Å²) in [5.41, 5.74) is 8.54. The van der Waals surface area contributed by atoms with Crippen LogP contribution in [0.5, 0.6) is 5.75 Å². The molecule has 2 N–H and O–H groups in total. The highest BCUT2D eigenvalue weighted by Gasteiger charge is 2.26. The van der Waals surface area contributed by atoms with Crippen LogP contribution in [0.2, 0.25) is 5.02 Å². The highest BCUT2D eigenvalue weighted by atomic mass is 35.5. The number of hydrogen-bond donors (Lipinski definition) is 1. The van der Waals surface area contributed by atoms with Gasteiger partial charge in [0.15, 0.2) is 0 Å². The Balaban J connectivity index is 1.70. The zero-order valence-corrected chi connectivity index (χ0v) is 18.8. The van der Waals surface area contributed by atoms with E-state index in [-0.39, 0.29) is 17.5 Å². The number of aromatic nitrogens is 3. The Morgan fingerprint density at radius 1 is 1.12 bits per heavy atom. The first kappa shape index (κ1) is 22.0. The molecule has 0 unspecified atom stereocenters. The largest absolute Gasteiger partial charge is 0.484 e. The van der Waals surface area contributed by atoms with Gasteiger partial charge in [0, 0.05) is 35.8 Å². The summed E-state index contributed by atoms with van der Waals surface area (Å²) < 4.78 is 23.5. The number of aryl methyl sites for hydroxylation is 1. The van der Waals surface area contributed by atoms with Gasteiger partial charge in [0.2, 0.25) is 5.56 Å². The van der Waals surface area contributed by atoms with E-state index < -0.39 is 11.9 Å². The second-order valence-corrected chi connectivity index (χ2v) is 8.61. The average molecular weight is 455 g/mol. The van der Waals surface area contributed by atoms with Crippen LogP contribution in [0.25, 0.3) is 16.6 Å². The van der Waals surface area contributed by atoms with Crippen LogP contribution in [0.15, 0.2) is 65.7 Å². The number of pyridine rings is 1. The second-order valence-electron chi connectivity index (χ2n) is 8.18. The van der Waals surface area contributed by atoms with E-state index in [1.807, 2.05) is 32.0 Å². The maximum atomic E-state index is 14.0. The average Bonchev–Trinajstić information content (AvgIpc) is 3.16. The summed E-state index contributed by atoms with van der Waals surface area (Å²) in [4.78, 5) is 11.7. The van der Waals surface area contributed by atoms with Crippen LogP contribution in [-0.2, 0) is 7.05 Å². The minimum Gasteiger partial charge on any atom is -0.484 e. The Labute approximate surface area is 190 Å². The molecule has 0 saturated heterocycles. The van der Waals surface area contributed by atoms with Gasteiger partial charge in [-0.2, -0.15) is 5.10 Å². The Hall–Kier alpha value is -3.16. The van der Waals surface area contributed by atoms with E-state index in [1.165, 1.54) is 22.8 Å². The first-order valence-electron chi connectivity index (χ1n) is 10.3. The number of halogens is 2. The lowest BCUT2D eigenvalue weighted by Gasteiger charge is -2.28. The molecule has 8 heteroatoms. The van der Waals surface area contributed by atoms with Crippen molar-refractivity contribution in [1.29, 1.82) is 0 Å². The van der Waals surface area contributed by atoms with Crippen LogP contribution in [0, 0.1) is 11.7 Å². The van der Waals surface area contributed by atoms with E-state index in [4.69, 9.17) is 22.1 Å². The van der Waals surface area contributed by atoms with E-state index in [1.54, 1.807) is 36.3 Å². The van der Waals surface area contributed by atoms with Gasteiger partial charge in [0.1, 0.15) is 17.7 Å². The van der Waals surface area contributed by atoms with Gasteiger partial charge in [-0.3, -0.25) is 4.79 Å². The van der Waals surface area contributed by atoms with Crippen LogP contribution in [0.1, 0.15) is 25.5 Å². The van der Waals surface area contributed by atoms with Crippen molar-refractivity contribution in [3.8, 4) is 11.4 Å². The summed E-state index contributed by atoms with van der Waals surface area (Å²) in [7, 11) is 1.69. The van der Waals surface area contributed by atoms with Crippen molar-refractivity contribution < 1.29 is 9.13 Å². The molecular weight excluding hydrogens is 431 g/mol. The predicted molar refractivity (Wildman–Crippen MR) is 124 cm³/mol. The molecule has 2 aromatic heterocycles. The summed E-state index contributed by atoms with van der Waals surface area (Å²) in [5, 5.41) is 5.60. The minimum atomic E-state index is -0.584. The summed E-state index contributed by atoms with van der Waals surface area (Å²) in [6, 6.07) is 12.8. The number of nitrogens with zero attached hydrogens (tertiary/aromatic N) is 3. The minimum absolute atomic E-state index is 0.0918. The molecule has 0 fully saturated rings. The van der Waals surface area contributed by atoms with Crippen LogP contribution in [0.3, 0.4) is 0 Å². The molecule has 166 valence electrons. The van der Waals surface area contributed by atoms with Crippen molar-refractivity contribution in [3.05, 3.63) is 87.7 Å². The number of fused-ring (bicyclic) bond motifs is 1. The quantitative estimate of drug-likeness (QED) is 0.461. The third-order valence-electron chi connectivity index (χ3n) is 5.45. The maximum Gasteiger partial charge on any atom is 0.250 e. The molecular formula is C24H24ClFN4O2. The Morgan fingerprint density at radius 2 is 1.91 bits per heavy atom. The second kappa shape index (κ2) is 8.76. The molecule has 2 atom stereocenters. The Bertz CT molecular complexity index is 1310. The van der Waals surface area contributed by atoms with Crippen LogP contribution >= 0.6 is 11.6 Å². The molecule has 4 rings (SSSR count). The van der Waals surface area contributed by atoms with Crippen molar-refractivity contribution in [2.45, 2.75) is 26.0 Å². The number of hydrogen-bond acceptors (Lipinski definition) is 4. The number of rotatable bonds is 6. The van der Waals surface area contributed by atoms with E-state index in [2.05, 4.69) is 5.10 Å². The molecule has 2 heterocycles. The fourth-order valence-electron chi connectivity index (χ4n) is 3.60. The number of ether oxygens (including phenoxy) is 1. The number of benzene rings is 2. The summed E-state index contributed by atoms with van der Waals surface area (Å²) in [5.74, 6) is 0.239. The monoisotopic (exact) mass is 454 g/mol. The molecule has 0 radical (unpaired) electrons. The predicted octanol–water partition coefficient (Wildman–Crippen LogP) is 4.62. The topological polar surface area (TPSA) is 75.1 Å². The fraction of sp³-hybridized carbons (Fsp3) is 0.250. The van der Waals surface area contributed by atoms with Crippen LogP contribution in [0.4, 0.5) is 4.39 Å². The third-order valence-corrected chi connectivity index (χ3v) is 5.67. The van der Waals surface area contributed by atoms with E-state index in [9.17, 15) is 9.18 Å². The summed E-state index contributed by atoms with van der Waals surface area (Å²) in [6.45, 7) is 3.98. The van der Waals surface area contributed by atoms with Gasteiger partial charge in [-0.05, 0) is 53.9 Å². The highest BCUT2D eigenvalue weighted by Crippen LogP contribution is 2.31. The standard InChI is InChI=1S/C24H24ClFN4O2/c1-14(2)23(27)24(15-8-17(25)11-18(26)9-15)32-20-5-6-21-16(10-20)12-28-30(21)19-4-7-22(31)29(3)13-19/h4-14,23-24H,27H2,1-3H3/t23-,24+/m0/s1. The van der Waals surface area contributed by atoms with Crippen molar-refractivity contribution in [3.63, 3.8) is 0 Å². The first-order valence-corrected chi connectivity index (χ1v) is 10.6. The van der Waals surface area contributed by atoms with Gasteiger partial charge in [0.05, 0.1) is 17.4 Å². The zero-order valence-electron chi connectivity index (χ0n) is 18.0. The van der Waals surface area contributed by atoms with Crippen molar-refractivity contribution in [2.75, 3.05) is 0 Å². The molecule has 32 heavy (non-hydrogen) atoms. The van der Waals surface area contributed by atoms with Gasteiger partial charge in [-0.25, -0.2) is 9.07 Å². The number of nitrogens with two attached hydrogens (primary N) is 1. The molecule has 0 spiro atoms. The third kappa shape index (κ3) is 4.40. The SMILES string of the molecule is CC(C)[C@H](N)[C@H](Oc1ccc2c(cnn2-c2ccc(=O)n(C)c2)c1)c1cc(F)cc(Cl)c1. The summed E-state index contributed by atoms with van der Waals surface area (Å²) in [6.07, 6.45) is 2.87. The van der Waals surface area contributed by atoms with E-state index in [0.29, 0.717) is 16.3 Å². The molecule has 0 aliphatic rings. The normalized spacial score (nSPS) is 13.5. The van der Waals surface area contributed by atoms with Crippen molar-refractivity contribution in [1.82, 2.24) is 14.3 Å². The molecule has 6 nitrogen and oxygen atoms in total. The highest BCUT2D eigenvalue weighted by molar-refractivity contribution is 6.30. The molecule has 0 saturated carbocycles.